The van der Waals surface area contributed by atoms with Gasteiger partial charge in [0.1, 0.15) is 0 Å². The summed E-state index contributed by atoms with van der Waals surface area (Å²) in [4.78, 5) is 19.2. The van der Waals surface area contributed by atoms with Crippen LogP contribution in [-0.2, 0) is 4.79 Å². The Morgan fingerprint density at radius 1 is 1.24 bits per heavy atom. The standard InChI is InChI=1S/C20H22N4O/c21-9-16(14-5-2-1-3-6-14)20(25)24-12-18-17(11-23-19(18)13-24)15-7-4-8-22-10-15/h1-8,10,16-17,23H,9,11-13,21H2. The van der Waals surface area contributed by atoms with Gasteiger partial charge in [0, 0.05) is 43.6 Å². The first kappa shape index (κ1) is 15.8. The van der Waals surface area contributed by atoms with E-state index in [1.807, 2.05) is 47.5 Å². The summed E-state index contributed by atoms with van der Waals surface area (Å²) in [6, 6.07) is 13.9. The lowest BCUT2D eigenvalue weighted by Crippen LogP contribution is -2.38. The van der Waals surface area contributed by atoms with Crippen LogP contribution in [0.1, 0.15) is 23.0 Å². The van der Waals surface area contributed by atoms with Crippen molar-refractivity contribution in [3.63, 3.8) is 0 Å². The molecule has 0 spiro atoms. The number of carbonyl (C=O) groups is 1. The van der Waals surface area contributed by atoms with Gasteiger partial charge >= 0.3 is 0 Å². The van der Waals surface area contributed by atoms with Gasteiger partial charge < -0.3 is 16.0 Å². The number of hydrogen-bond donors (Lipinski definition) is 2. The van der Waals surface area contributed by atoms with E-state index >= 15 is 0 Å². The summed E-state index contributed by atoms with van der Waals surface area (Å²) in [6.07, 6.45) is 3.71. The monoisotopic (exact) mass is 334 g/mol. The molecular formula is C20H22N4O. The van der Waals surface area contributed by atoms with E-state index in [0.717, 1.165) is 12.1 Å². The number of nitrogens with two attached hydrogens (primary N) is 1. The number of nitrogens with zero attached hydrogens (tertiary/aromatic N) is 2. The normalized spacial score (nSPS) is 20.4. The van der Waals surface area contributed by atoms with E-state index < -0.39 is 0 Å². The highest BCUT2D eigenvalue weighted by Gasteiger charge is 2.37. The molecule has 0 radical (unpaired) electrons. The van der Waals surface area contributed by atoms with Gasteiger partial charge in [-0.05, 0) is 22.8 Å². The molecule has 128 valence electrons. The molecule has 3 heterocycles. The fourth-order valence-electron chi connectivity index (χ4n) is 3.83. The van der Waals surface area contributed by atoms with Crippen LogP contribution in [0.25, 0.3) is 0 Å². The van der Waals surface area contributed by atoms with Crippen molar-refractivity contribution >= 4 is 5.91 Å². The number of benzene rings is 1. The zero-order valence-corrected chi connectivity index (χ0v) is 14.1. The van der Waals surface area contributed by atoms with Gasteiger partial charge in [-0.2, -0.15) is 0 Å². The zero-order chi connectivity index (χ0) is 17.2. The van der Waals surface area contributed by atoms with Gasteiger partial charge in [-0.1, -0.05) is 36.4 Å². The van der Waals surface area contributed by atoms with Crippen LogP contribution < -0.4 is 11.1 Å². The SMILES string of the molecule is NCC(C(=O)N1CC2=C(C1)C(c1cccnc1)CN2)c1ccccc1. The van der Waals surface area contributed by atoms with Gasteiger partial charge in [0.25, 0.3) is 0 Å². The number of aromatic nitrogens is 1. The second kappa shape index (κ2) is 6.69. The van der Waals surface area contributed by atoms with Gasteiger partial charge in [0.05, 0.1) is 12.5 Å². The second-order valence-corrected chi connectivity index (χ2v) is 6.62. The van der Waals surface area contributed by atoms with Gasteiger partial charge in [0.2, 0.25) is 5.91 Å². The Balaban J connectivity index is 1.51. The molecule has 0 saturated heterocycles. The van der Waals surface area contributed by atoms with Crippen LogP contribution in [0, 0.1) is 0 Å². The van der Waals surface area contributed by atoms with E-state index in [1.54, 1.807) is 6.20 Å². The molecule has 2 aromatic rings. The average Bonchev–Trinajstić information content (AvgIpc) is 3.24. The van der Waals surface area contributed by atoms with E-state index in [0.29, 0.717) is 25.6 Å². The van der Waals surface area contributed by atoms with Crippen LogP contribution >= 0.6 is 0 Å². The van der Waals surface area contributed by atoms with Crippen molar-refractivity contribution in [1.29, 1.82) is 0 Å². The fraction of sp³-hybridized carbons (Fsp3) is 0.300. The number of amides is 1. The van der Waals surface area contributed by atoms with E-state index in [2.05, 4.69) is 16.4 Å². The summed E-state index contributed by atoms with van der Waals surface area (Å²) in [5.74, 6) is 0.127. The molecule has 1 aromatic heterocycles. The summed E-state index contributed by atoms with van der Waals surface area (Å²) in [7, 11) is 0. The molecule has 0 aliphatic carbocycles. The Hall–Kier alpha value is -2.66. The third-order valence-electron chi connectivity index (χ3n) is 5.17. The molecule has 0 saturated carbocycles. The molecule has 2 unspecified atom stereocenters. The number of hydrogen-bond acceptors (Lipinski definition) is 4. The first-order chi connectivity index (χ1) is 12.3. The third-order valence-corrected chi connectivity index (χ3v) is 5.17. The number of carbonyl (C=O) groups excluding carboxylic acids is 1. The highest BCUT2D eigenvalue weighted by molar-refractivity contribution is 5.85. The topological polar surface area (TPSA) is 71.2 Å². The number of nitrogens with one attached hydrogen (secondary N) is 1. The highest BCUT2D eigenvalue weighted by atomic mass is 16.2. The first-order valence-corrected chi connectivity index (χ1v) is 8.67. The Bertz CT molecular complexity index is 788. The Morgan fingerprint density at radius 3 is 2.80 bits per heavy atom. The molecular weight excluding hydrogens is 312 g/mol. The minimum Gasteiger partial charge on any atom is -0.386 e. The Morgan fingerprint density at radius 2 is 2.08 bits per heavy atom. The first-order valence-electron chi connectivity index (χ1n) is 8.67. The fourth-order valence-corrected chi connectivity index (χ4v) is 3.83. The maximum atomic E-state index is 13.0. The maximum Gasteiger partial charge on any atom is 0.232 e. The van der Waals surface area contributed by atoms with Crippen molar-refractivity contribution in [2.45, 2.75) is 11.8 Å². The highest BCUT2D eigenvalue weighted by Crippen LogP contribution is 2.35. The van der Waals surface area contributed by atoms with E-state index in [4.69, 9.17) is 5.73 Å². The third kappa shape index (κ3) is 2.91. The van der Waals surface area contributed by atoms with Crippen LogP contribution in [0.4, 0.5) is 0 Å². The molecule has 3 N–H and O–H groups in total. The predicted molar refractivity (Wildman–Crippen MR) is 96.8 cm³/mol. The Labute approximate surface area is 147 Å². The number of pyridine rings is 1. The quantitative estimate of drug-likeness (QED) is 0.891. The van der Waals surface area contributed by atoms with Gasteiger partial charge in [-0.15, -0.1) is 0 Å². The molecule has 4 rings (SSSR count). The lowest BCUT2D eigenvalue weighted by Gasteiger charge is -2.25. The molecule has 0 bridgehead atoms. The molecule has 1 amide bonds. The zero-order valence-electron chi connectivity index (χ0n) is 14.1. The lowest BCUT2D eigenvalue weighted by atomic mass is 9.94. The van der Waals surface area contributed by atoms with Crippen LogP contribution in [0.15, 0.2) is 66.1 Å². The molecule has 2 atom stereocenters. The second-order valence-electron chi connectivity index (χ2n) is 6.62. The van der Waals surface area contributed by atoms with Crippen molar-refractivity contribution in [2.24, 2.45) is 5.73 Å². The molecule has 0 fully saturated rings. The minimum absolute atomic E-state index is 0.106. The minimum atomic E-state index is -0.280. The average molecular weight is 334 g/mol. The molecule has 2 aliphatic rings. The van der Waals surface area contributed by atoms with E-state index in [-0.39, 0.29) is 11.8 Å². The summed E-state index contributed by atoms with van der Waals surface area (Å²) < 4.78 is 0. The van der Waals surface area contributed by atoms with E-state index in [9.17, 15) is 4.79 Å². The van der Waals surface area contributed by atoms with Crippen molar-refractivity contribution in [3.8, 4) is 0 Å². The maximum absolute atomic E-state index is 13.0. The largest absolute Gasteiger partial charge is 0.386 e. The lowest BCUT2D eigenvalue weighted by molar-refractivity contribution is -0.131. The molecule has 1 aromatic carbocycles. The van der Waals surface area contributed by atoms with Gasteiger partial charge in [-0.25, -0.2) is 0 Å². The molecule has 25 heavy (non-hydrogen) atoms. The summed E-state index contributed by atoms with van der Waals surface area (Å²) in [6.45, 7) is 2.53. The smallest absolute Gasteiger partial charge is 0.232 e. The molecule has 5 nitrogen and oxygen atoms in total. The van der Waals surface area contributed by atoms with Crippen molar-refractivity contribution in [1.82, 2.24) is 15.2 Å². The summed E-state index contributed by atoms with van der Waals surface area (Å²) in [5, 5.41) is 3.48. The molecule has 5 heteroatoms. The molecule has 2 aliphatic heterocycles. The van der Waals surface area contributed by atoms with E-state index in [1.165, 1.54) is 16.8 Å². The van der Waals surface area contributed by atoms with Crippen LogP contribution in [0.5, 0.6) is 0 Å². The Kier molecular flexibility index (Phi) is 4.24. The van der Waals surface area contributed by atoms with Gasteiger partial charge in [-0.3, -0.25) is 9.78 Å². The van der Waals surface area contributed by atoms with Gasteiger partial charge in [0.15, 0.2) is 0 Å². The van der Waals surface area contributed by atoms with Crippen molar-refractivity contribution in [2.75, 3.05) is 26.2 Å². The summed E-state index contributed by atoms with van der Waals surface area (Å²) in [5.41, 5.74) is 10.6. The van der Waals surface area contributed by atoms with Crippen LogP contribution in [-0.4, -0.2) is 42.0 Å². The predicted octanol–water partition coefficient (Wildman–Crippen LogP) is 1.61. The van der Waals surface area contributed by atoms with Crippen LogP contribution in [0.3, 0.4) is 0 Å². The number of rotatable bonds is 4. The van der Waals surface area contributed by atoms with Crippen molar-refractivity contribution in [3.05, 3.63) is 77.3 Å². The van der Waals surface area contributed by atoms with Crippen molar-refractivity contribution < 1.29 is 4.79 Å². The van der Waals surface area contributed by atoms with Crippen LogP contribution in [0.2, 0.25) is 0 Å². The summed E-state index contributed by atoms with van der Waals surface area (Å²) >= 11 is 0.